The summed E-state index contributed by atoms with van der Waals surface area (Å²) in [4.78, 5) is 24.5. The summed E-state index contributed by atoms with van der Waals surface area (Å²) in [5, 5.41) is 8.54. The molecule has 0 aliphatic rings. The zero-order valence-electron chi connectivity index (χ0n) is 21.8. The monoisotopic (exact) mass is 527 g/mol. The summed E-state index contributed by atoms with van der Waals surface area (Å²) in [6.45, 7) is 0.789. The van der Waals surface area contributed by atoms with Crippen molar-refractivity contribution in [1.82, 2.24) is 0 Å². The number of nitrogens with two attached hydrogens (primary N) is 2. The van der Waals surface area contributed by atoms with E-state index in [2.05, 4.69) is 6.07 Å². The molecule has 202 valence electrons. The van der Waals surface area contributed by atoms with Gasteiger partial charge in [0.1, 0.15) is 11.5 Å². The van der Waals surface area contributed by atoms with E-state index in [0.29, 0.717) is 47.9 Å². The normalized spacial score (nSPS) is 10.6. The quantitative estimate of drug-likeness (QED) is 0.0892. The minimum atomic E-state index is -0.479. The first-order valence-corrected chi connectivity index (χ1v) is 12.9. The molecule has 3 aromatic rings. The summed E-state index contributed by atoms with van der Waals surface area (Å²) in [5.41, 5.74) is 14.8. The molecule has 4 N–H and O–H groups in total. The van der Waals surface area contributed by atoms with Crippen LogP contribution in [0.2, 0.25) is 0 Å². The van der Waals surface area contributed by atoms with Crippen molar-refractivity contribution in [2.75, 3.05) is 24.7 Å². The van der Waals surface area contributed by atoms with Gasteiger partial charge < -0.3 is 25.7 Å². The van der Waals surface area contributed by atoms with E-state index in [9.17, 15) is 9.59 Å². The van der Waals surface area contributed by atoms with E-state index in [1.807, 2.05) is 6.07 Å². The first-order valence-electron chi connectivity index (χ1n) is 12.9. The van der Waals surface area contributed by atoms with Crippen molar-refractivity contribution < 1.29 is 23.8 Å². The topological polar surface area (TPSA) is 138 Å². The first-order chi connectivity index (χ1) is 18.9. The van der Waals surface area contributed by atoms with Gasteiger partial charge in [0.15, 0.2) is 0 Å². The molecule has 0 bridgehead atoms. The number of ether oxygens (including phenoxy) is 3. The Hall–Kier alpha value is -4.77. The van der Waals surface area contributed by atoms with Crippen molar-refractivity contribution in [3.05, 3.63) is 89.5 Å². The number of esters is 2. The molecule has 0 aliphatic carbocycles. The zero-order chi connectivity index (χ0) is 27.9. The summed E-state index contributed by atoms with van der Waals surface area (Å²) in [6, 6.07) is 21.0. The Kier molecular flexibility index (Phi) is 11.4. The molecule has 0 aliphatic heterocycles. The van der Waals surface area contributed by atoms with Gasteiger partial charge in [-0.3, -0.25) is 0 Å². The van der Waals surface area contributed by atoms with Gasteiger partial charge in [-0.15, -0.1) is 0 Å². The van der Waals surface area contributed by atoms with Gasteiger partial charge in [0.2, 0.25) is 0 Å². The number of anilines is 2. The Morgan fingerprint density at radius 3 is 2.28 bits per heavy atom. The largest absolute Gasteiger partial charge is 0.494 e. The van der Waals surface area contributed by atoms with Crippen LogP contribution in [0.5, 0.6) is 11.5 Å². The second-order valence-electron chi connectivity index (χ2n) is 8.86. The van der Waals surface area contributed by atoms with Crippen LogP contribution in [-0.2, 0) is 16.0 Å². The van der Waals surface area contributed by atoms with Gasteiger partial charge in [-0.25, -0.2) is 9.59 Å². The maximum atomic E-state index is 12.5. The molecule has 3 aromatic carbocycles. The van der Waals surface area contributed by atoms with Crippen molar-refractivity contribution >= 4 is 29.4 Å². The minimum Gasteiger partial charge on any atom is -0.494 e. The van der Waals surface area contributed by atoms with E-state index in [-0.39, 0.29) is 6.61 Å². The molecule has 0 amide bonds. The molecule has 0 fully saturated rings. The van der Waals surface area contributed by atoms with Crippen LogP contribution in [0.4, 0.5) is 11.4 Å². The number of carbonyl (C=O) groups excluding carboxylic acids is 2. The molecule has 39 heavy (non-hydrogen) atoms. The number of carbonyl (C=O) groups is 2. The number of hydrogen-bond donors (Lipinski definition) is 2. The Bertz CT molecular complexity index is 1300. The highest BCUT2D eigenvalue weighted by molar-refractivity contribution is 5.91. The molecule has 8 heteroatoms. The second-order valence-corrected chi connectivity index (χ2v) is 8.86. The minimum absolute atomic E-state index is 0.198. The van der Waals surface area contributed by atoms with Crippen LogP contribution in [0.1, 0.15) is 53.6 Å². The molecule has 0 unspecified atom stereocenters. The highest BCUT2D eigenvalue weighted by Gasteiger charge is 2.09. The second kappa shape index (κ2) is 15.5. The molecular weight excluding hydrogens is 494 g/mol. The molecular formula is C31H33N3O5. The van der Waals surface area contributed by atoms with Crippen LogP contribution in [-0.4, -0.2) is 25.2 Å². The van der Waals surface area contributed by atoms with Gasteiger partial charge in [0, 0.05) is 30.3 Å². The Morgan fingerprint density at radius 2 is 1.56 bits per heavy atom. The van der Waals surface area contributed by atoms with E-state index in [1.165, 1.54) is 6.08 Å². The van der Waals surface area contributed by atoms with Crippen LogP contribution in [0.15, 0.2) is 72.8 Å². The average molecular weight is 528 g/mol. The van der Waals surface area contributed by atoms with Crippen molar-refractivity contribution in [2.45, 2.75) is 38.5 Å². The molecule has 0 aromatic heterocycles. The third kappa shape index (κ3) is 10.3. The van der Waals surface area contributed by atoms with Crippen molar-refractivity contribution in [1.29, 1.82) is 5.26 Å². The van der Waals surface area contributed by atoms with E-state index < -0.39 is 11.9 Å². The fourth-order valence-corrected chi connectivity index (χ4v) is 3.66. The van der Waals surface area contributed by atoms with Gasteiger partial charge in [0.05, 0.1) is 24.8 Å². The van der Waals surface area contributed by atoms with Crippen LogP contribution < -0.4 is 20.9 Å². The van der Waals surface area contributed by atoms with Gasteiger partial charge in [0.25, 0.3) is 0 Å². The molecule has 0 saturated carbocycles. The Labute approximate surface area is 228 Å². The van der Waals surface area contributed by atoms with Crippen molar-refractivity contribution in [2.24, 2.45) is 0 Å². The molecule has 0 heterocycles. The molecule has 8 nitrogen and oxygen atoms in total. The molecule has 3 rings (SSSR count). The first kappa shape index (κ1) is 28.8. The number of nitrogen functional groups attached to an aromatic ring is 2. The predicted molar refractivity (Wildman–Crippen MR) is 151 cm³/mol. The van der Waals surface area contributed by atoms with Crippen LogP contribution in [0.3, 0.4) is 0 Å². The third-order valence-electron chi connectivity index (χ3n) is 5.83. The molecule has 0 atom stereocenters. The lowest BCUT2D eigenvalue weighted by molar-refractivity contribution is -0.137. The summed E-state index contributed by atoms with van der Waals surface area (Å²) in [7, 11) is 0. The number of benzene rings is 3. The van der Waals surface area contributed by atoms with Crippen molar-refractivity contribution in [3.63, 3.8) is 0 Å². The van der Waals surface area contributed by atoms with Gasteiger partial charge in [-0.05, 0) is 78.6 Å². The SMILES string of the molecule is N#CCCCCCCOc1ccc(C(=O)Oc2ccc(C=CC(=O)OCCc3ccc(N)cc3N)cc2)cc1. The summed E-state index contributed by atoms with van der Waals surface area (Å²) >= 11 is 0. The zero-order valence-corrected chi connectivity index (χ0v) is 21.8. The molecule has 0 saturated heterocycles. The summed E-state index contributed by atoms with van der Waals surface area (Å²) in [5.74, 6) is 0.125. The number of rotatable bonds is 14. The van der Waals surface area contributed by atoms with Crippen molar-refractivity contribution in [3.8, 4) is 17.6 Å². The van der Waals surface area contributed by atoms with Crippen LogP contribution in [0.25, 0.3) is 6.08 Å². The number of nitrogens with zero attached hydrogens (tertiary/aromatic N) is 1. The van der Waals surface area contributed by atoms with E-state index in [0.717, 1.165) is 36.8 Å². The van der Waals surface area contributed by atoms with Gasteiger partial charge in [-0.2, -0.15) is 5.26 Å². The lowest BCUT2D eigenvalue weighted by Crippen LogP contribution is -2.08. The number of unbranched alkanes of at least 4 members (excludes halogenated alkanes) is 4. The fourth-order valence-electron chi connectivity index (χ4n) is 3.66. The Balaban J connectivity index is 1.38. The maximum Gasteiger partial charge on any atom is 0.343 e. The lowest BCUT2D eigenvalue weighted by Gasteiger charge is -2.08. The highest BCUT2D eigenvalue weighted by Crippen LogP contribution is 2.18. The van der Waals surface area contributed by atoms with E-state index in [4.69, 9.17) is 30.9 Å². The summed E-state index contributed by atoms with van der Waals surface area (Å²) in [6.07, 6.45) is 7.93. The summed E-state index contributed by atoms with van der Waals surface area (Å²) < 4.78 is 16.4. The van der Waals surface area contributed by atoms with E-state index >= 15 is 0 Å². The van der Waals surface area contributed by atoms with E-state index in [1.54, 1.807) is 66.7 Å². The average Bonchev–Trinajstić information content (AvgIpc) is 2.93. The van der Waals surface area contributed by atoms with Gasteiger partial charge >= 0.3 is 11.9 Å². The third-order valence-corrected chi connectivity index (χ3v) is 5.83. The highest BCUT2D eigenvalue weighted by atomic mass is 16.5. The standard InChI is InChI=1S/C31H33N3O5/c32-19-4-2-1-3-5-20-37-27-15-10-25(11-16-27)31(36)39-28-13-6-23(7-14-28)8-17-30(35)38-21-18-24-9-12-26(33)22-29(24)34/h6-17,22H,1-5,18,20-21,33-34H2. The number of nitriles is 1. The van der Waals surface area contributed by atoms with Crippen LogP contribution in [0, 0.1) is 11.3 Å². The fraction of sp³-hybridized carbons (Fsp3) is 0.258. The predicted octanol–water partition coefficient (Wildman–Crippen LogP) is 5.72. The van der Waals surface area contributed by atoms with Gasteiger partial charge in [-0.1, -0.05) is 31.0 Å². The number of hydrogen-bond acceptors (Lipinski definition) is 8. The molecule has 0 radical (unpaired) electrons. The Morgan fingerprint density at radius 1 is 0.846 bits per heavy atom. The smallest absolute Gasteiger partial charge is 0.343 e. The lowest BCUT2D eigenvalue weighted by atomic mass is 10.1. The molecule has 0 spiro atoms. The van der Waals surface area contributed by atoms with Crippen LogP contribution >= 0.6 is 0 Å². The maximum absolute atomic E-state index is 12.5.